The molecule has 0 aliphatic carbocycles. The zero-order valence-electron chi connectivity index (χ0n) is 13.7. The van der Waals surface area contributed by atoms with Gasteiger partial charge >= 0.3 is 6.09 Å². The van der Waals surface area contributed by atoms with Crippen LogP contribution in [0.3, 0.4) is 0 Å². The molecule has 0 heterocycles. The lowest BCUT2D eigenvalue weighted by atomic mass is 10.0. The first-order valence-corrected chi connectivity index (χ1v) is 7.99. The maximum absolute atomic E-state index is 11.0. The molecule has 130 valence electrons. The molecular formula is C19H21N3O3. The summed E-state index contributed by atoms with van der Waals surface area (Å²) in [5.41, 5.74) is 2.45. The second-order valence-corrected chi connectivity index (χ2v) is 5.76. The van der Waals surface area contributed by atoms with Crippen molar-refractivity contribution in [1.29, 1.82) is 5.26 Å². The maximum Gasteiger partial charge on any atom is 0.404 e. The molecule has 0 fully saturated rings. The van der Waals surface area contributed by atoms with Gasteiger partial charge in [0.1, 0.15) is 0 Å². The lowest BCUT2D eigenvalue weighted by Crippen LogP contribution is -2.48. The van der Waals surface area contributed by atoms with Crippen molar-refractivity contribution >= 4 is 6.09 Å². The van der Waals surface area contributed by atoms with Crippen LogP contribution in [0.25, 0.3) is 0 Å². The molecule has 2 aromatic carbocycles. The molecule has 0 radical (unpaired) electrons. The Bertz CT molecular complexity index is 728. The maximum atomic E-state index is 11.0. The van der Waals surface area contributed by atoms with Gasteiger partial charge in [-0.1, -0.05) is 42.5 Å². The van der Waals surface area contributed by atoms with Crippen LogP contribution in [0.2, 0.25) is 0 Å². The van der Waals surface area contributed by atoms with Crippen LogP contribution in [0.5, 0.6) is 0 Å². The minimum absolute atomic E-state index is 0.231. The molecule has 2 rings (SSSR count). The summed E-state index contributed by atoms with van der Waals surface area (Å²) < 4.78 is 0. The summed E-state index contributed by atoms with van der Waals surface area (Å²) >= 11 is 0. The summed E-state index contributed by atoms with van der Waals surface area (Å²) in [5.74, 6) is 0. The third-order valence-corrected chi connectivity index (χ3v) is 3.81. The van der Waals surface area contributed by atoms with Gasteiger partial charge in [0.15, 0.2) is 0 Å². The van der Waals surface area contributed by atoms with Gasteiger partial charge in [-0.05, 0) is 29.7 Å². The molecule has 2 atom stereocenters. The van der Waals surface area contributed by atoms with Crippen LogP contribution in [-0.2, 0) is 13.0 Å². The average molecular weight is 339 g/mol. The second kappa shape index (κ2) is 9.42. The third-order valence-electron chi connectivity index (χ3n) is 3.81. The third kappa shape index (κ3) is 6.26. The van der Waals surface area contributed by atoms with Gasteiger partial charge in [0, 0.05) is 13.1 Å². The highest BCUT2D eigenvalue weighted by atomic mass is 16.4. The molecule has 0 bridgehead atoms. The number of nitriles is 1. The van der Waals surface area contributed by atoms with Gasteiger partial charge in [-0.2, -0.15) is 5.26 Å². The van der Waals surface area contributed by atoms with Crippen LogP contribution in [0.15, 0.2) is 54.6 Å². The monoisotopic (exact) mass is 339 g/mol. The number of hydrogen-bond acceptors (Lipinski definition) is 4. The smallest absolute Gasteiger partial charge is 0.404 e. The number of carbonyl (C=O) groups is 1. The number of nitrogens with one attached hydrogen (secondary N) is 2. The van der Waals surface area contributed by atoms with E-state index in [1.807, 2.05) is 36.4 Å². The summed E-state index contributed by atoms with van der Waals surface area (Å²) in [5, 5.41) is 33.7. The van der Waals surface area contributed by atoms with E-state index in [1.165, 1.54) is 0 Å². The van der Waals surface area contributed by atoms with Crippen molar-refractivity contribution in [2.75, 3.05) is 6.54 Å². The number of aliphatic hydroxyl groups is 1. The molecule has 4 N–H and O–H groups in total. The van der Waals surface area contributed by atoms with Crippen LogP contribution in [0.4, 0.5) is 4.79 Å². The van der Waals surface area contributed by atoms with Gasteiger partial charge in [0.25, 0.3) is 0 Å². The van der Waals surface area contributed by atoms with Crippen LogP contribution in [0, 0.1) is 11.3 Å². The van der Waals surface area contributed by atoms with E-state index in [0.717, 1.165) is 11.1 Å². The lowest BCUT2D eigenvalue weighted by molar-refractivity contribution is 0.117. The van der Waals surface area contributed by atoms with Gasteiger partial charge < -0.3 is 20.8 Å². The predicted molar refractivity (Wildman–Crippen MR) is 94.0 cm³/mol. The lowest BCUT2D eigenvalue weighted by Gasteiger charge is -2.23. The first-order chi connectivity index (χ1) is 12.1. The average Bonchev–Trinajstić information content (AvgIpc) is 2.62. The number of benzene rings is 2. The molecule has 6 heteroatoms. The highest BCUT2D eigenvalue weighted by molar-refractivity contribution is 5.65. The summed E-state index contributed by atoms with van der Waals surface area (Å²) in [6, 6.07) is 18.1. The topological polar surface area (TPSA) is 105 Å². The number of amides is 1. The number of nitrogens with zero attached hydrogens (tertiary/aromatic N) is 1. The number of rotatable bonds is 8. The number of carboxylic acid groups (broad SMARTS) is 1. The zero-order valence-corrected chi connectivity index (χ0v) is 13.7. The molecule has 0 aliphatic heterocycles. The first-order valence-electron chi connectivity index (χ1n) is 7.99. The molecule has 2 aromatic rings. The molecule has 0 aliphatic rings. The highest BCUT2D eigenvalue weighted by Gasteiger charge is 2.21. The van der Waals surface area contributed by atoms with E-state index in [9.17, 15) is 9.90 Å². The molecule has 0 saturated heterocycles. The van der Waals surface area contributed by atoms with Crippen molar-refractivity contribution in [2.24, 2.45) is 0 Å². The molecule has 0 saturated carbocycles. The Morgan fingerprint density at radius 3 is 2.52 bits per heavy atom. The van der Waals surface area contributed by atoms with E-state index in [2.05, 4.69) is 16.7 Å². The van der Waals surface area contributed by atoms with Crippen LogP contribution < -0.4 is 10.6 Å². The Labute approximate surface area is 146 Å². The SMILES string of the molecule is N#Cc1cccc(CNC[C@H](O)[C@H](Cc2ccccc2)NC(=O)O)c1. The zero-order chi connectivity index (χ0) is 18.1. The summed E-state index contributed by atoms with van der Waals surface area (Å²) in [4.78, 5) is 11.0. The number of aliphatic hydroxyl groups excluding tert-OH is 1. The molecule has 0 unspecified atom stereocenters. The van der Waals surface area contributed by atoms with E-state index in [0.29, 0.717) is 18.5 Å². The van der Waals surface area contributed by atoms with Gasteiger partial charge in [-0.25, -0.2) is 4.79 Å². The molecule has 1 amide bonds. The van der Waals surface area contributed by atoms with E-state index in [-0.39, 0.29) is 6.54 Å². The summed E-state index contributed by atoms with van der Waals surface area (Å²) in [6.45, 7) is 0.715. The largest absolute Gasteiger partial charge is 0.465 e. The van der Waals surface area contributed by atoms with Crippen molar-refractivity contribution in [2.45, 2.75) is 25.1 Å². The van der Waals surface area contributed by atoms with Crippen molar-refractivity contribution in [3.8, 4) is 6.07 Å². The van der Waals surface area contributed by atoms with E-state index >= 15 is 0 Å². The second-order valence-electron chi connectivity index (χ2n) is 5.76. The molecular weight excluding hydrogens is 318 g/mol. The first kappa shape index (κ1) is 18.5. The quantitative estimate of drug-likeness (QED) is 0.588. The van der Waals surface area contributed by atoms with Crippen molar-refractivity contribution in [1.82, 2.24) is 10.6 Å². The van der Waals surface area contributed by atoms with E-state index < -0.39 is 18.2 Å². The Morgan fingerprint density at radius 2 is 1.84 bits per heavy atom. The minimum Gasteiger partial charge on any atom is -0.465 e. The van der Waals surface area contributed by atoms with Crippen molar-refractivity contribution < 1.29 is 15.0 Å². The Kier molecular flexibility index (Phi) is 6.96. The van der Waals surface area contributed by atoms with Crippen molar-refractivity contribution in [3.05, 3.63) is 71.3 Å². The molecule has 0 aromatic heterocycles. The van der Waals surface area contributed by atoms with Crippen LogP contribution in [0.1, 0.15) is 16.7 Å². The molecule has 6 nitrogen and oxygen atoms in total. The normalized spacial score (nSPS) is 12.8. The number of hydrogen-bond donors (Lipinski definition) is 4. The van der Waals surface area contributed by atoms with Crippen LogP contribution in [-0.4, -0.2) is 35.0 Å². The summed E-state index contributed by atoms with van der Waals surface area (Å²) in [7, 11) is 0. The predicted octanol–water partition coefficient (Wildman–Crippen LogP) is 1.89. The Morgan fingerprint density at radius 1 is 1.12 bits per heavy atom. The van der Waals surface area contributed by atoms with Gasteiger partial charge in [-0.15, -0.1) is 0 Å². The van der Waals surface area contributed by atoms with E-state index in [4.69, 9.17) is 10.4 Å². The fourth-order valence-electron chi connectivity index (χ4n) is 2.57. The fraction of sp³-hybridized carbons (Fsp3) is 0.263. The Hall–Kier alpha value is -2.88. The summed E-state index contributed by atoms with van der Waals surface area (Å²) in [6.07, 6.45) is -1.64. The fourth-order valence-corrected chi connectivity index (χ4v) is 2.57. The molecule has 0 spiro atoms. The molecule has 25 heavy (non-hydrogen) atoms. The van der Waals surface area contributed by atoms with Crippen molar-refractivity contribution in [3.63, 3.8) is 0 Å². The van der Waals surface area contributed by atoms with Crippen LogP contribution >= 0.6 is 0 Å². The Balaban J connectivity index is 1.91. The van der Waals surface area contributed by atoms with Gasteiger partial charge in [0.05, 0.1) is 23.8 Å². The van der Waals surface area contributed by atoms with E-state index in [1.54, 1.807) is 18.2 Å². The van der Waals surface area contributed by atoms with Gasteiger partial charge in [-0.3, -0.25) is 0 Å². The minimum atomic E-state index is -1.17. The highest BCUT2D eigenvalue weighted by Crippen LogP contribution is 2.07. The van der Waals surface area contributed by atoms with Gasteiger partial charge in [0.2, 0.25) is 0 Å². The standard InChI is InChI=1S/C19H21N3O3/c20-11-15-7-4-8-16(9-15)12-21-13-18(23)17(22-19(24)25)10-14-5-2-1-3-6-14/h1-9,17-18,21-23H,10,12-13H2,(H,24,25)/t17-,18-/m0/s1.